The topological polar surface area (TPSA) is 40.5 Å². The van der Waals surface area contributed by atoms with Gasteiger partial charge in [-0.15, -0.1) is 0 Å². The maximum Gasteiger partial charge on any atom is 0.0512 e. The highest BCUT2D eigenvalue weighted by molar-refractivity contribution is 4.66. The molecule has 0 aromatic heterocycles. The van der Waals surface area contributed by atoms with Gasteiger partial charge in [-0.1, -0.05) is 13.8 Å². The van der Waals surface area contributed by atoms with Crippen LogP contribution in [0, 0.1) is 11.8 Å². The van der Waals surface area contributed by atoms with E-state index in [1.54, 1.807) is 0 Å². The van der Waals surface area contributed by atoms with Gasteiger partial charge in [0, 0.05) is 0 Å². The Kier molecular flexibility index (Phi) is 7.20. The van der Waals surface area contributed by atoms with Crippen LogP contribution in [0.5, 0.6) is 0 Å². The smallest absolute Gasteiger partial charge is 0.0512 e. The molecule has 0 saturated carbocycles. The molecule has 2 atom stereocenters. The Hall–Kier alpha value is -0.0800. The average molecular weight is 202 g/mol. The molecule has 14 heavy (non-hydrogen) atoms. The lowest BCUT2D eigenvalue weighted by molar-refractivity contribution is 0.146. The van der Waals surface area contributed by atoms with Crippen molar-refractivity contribution < 1.29 is 10.2 Å². The lowest BCUT2D eigenvalue weighted by Gasteiger charge is -2.22. The molecule has 0 spiro atoms. The Morgan fingerprint density at radius 3 is 1.29 bits per heavy atom. The number of hydrogen-bond donors (Lipinski definition) is 2. The van der Waals surface area contributed by atoms with Crippen molar-refractivity contribution in [3.05, 3.63) is 0 Å². The summed E-state index contributed by atoms with van der Waals surface area (Å²) in [5.74, 6) is 1.28. The fraction of sp³-hybridized carbons (Fsp3) is 1.00. The van der Waals surface area contributed by atoms with Gasteiger partial charge >= 0.3 is 0 Å². The predicted molar refractivity (Wildman–Crippen MR) is 60.2 cm³/mol. The van der Waals surface area contributed by atoms with Crippen LogP contribution in [0.3, 0.4) is 0 Å². The Morgan fingerprint density at radius 1 is 0.714 bits per heavy atom. The molecule has 0 aromatic rings. The lowest BCUT2D eigenvalue weighted by Crippen LogP contribution is -2.14. The van der Waals surface area contributed by atoms with Crippen molar-refractivity contribution in [2.75, 3.05) is 0 Å². The first kappa shape index (κ1) is 13.9. The van der Waals surface area contributed by atoms with Crippen LogP contribution < -0.4 is 0 Å². The zero-order valence-electron chi connectivity index (χ0n) is 10.0. The molecule has 0 aliphatic rings. The molecule has 0 aliphatic carbocycles. The molecule has 2 unspecified atom stereocenters. The fourth-order valence-electron chi connectivity index (χ4n) is 1.72. The summed E-state index contributed by atoms with van der Waals surface area (Å²) < 4.78 is 0. The van der Waals surface area contributed by atoms with Crippen LogP contribution in [0.4, 0.5) is 0 Å². The van der Waals surface area contributed by atoms with E-state index >= 15 is 0 Å². The minimum absolute atomic E-state index is 0.192. The van der Waals surface area contributed by atoms with Crippen molar-refractivity contribution in [2.45, 2.75) is 65.6 Å². The van der Waals surface area contributed by atoms with Gasteiger partial charge in [-0.25, -0.2) is 0 Å². The lowest BCUT2D eigenvalue weighted by atomic mass is 9.86. The summed E-state index contributed by atoms with van der Waals surface area (Å²) >= 11 is 0. The van der Waals surface area contributed by atoms with Gasteiger partial charge in [0.15, 0.2) is 0 Å². The second kappa shape index (κ2) is 7.24. The summed E-state index contributed by atoms with van der Waals surface area (Å²) in [4.78, 5) is 0. The van der Waals surface area contributed by atoms with Gasteiger partial charge in [0.05, 0.1) is 12.2 Å². The summed E-state index contributed by atoms with van der Waals surface area (Å²) in [6.45, 7) is 8.11. The maximum atomic E-state index is 9.21. The first-order valence-electron chi connectivity index (χ1n) is 5.79. The van der Waals surface area contributed by atoms with E-state index in [1.165, 1.54) is 0 Å². The van der Waals surface area contributed by atoms with E-state index in [0.29, 0.717) is 11.8 Å². The standard InChI is InChI=1S/C12H26O2/c1-9(2)12(7-5-10(3)13)8-6-11(4)14/h9-14H,5-8H2,1-4H3. The van der Waals surface area contributed by atoms with E-state index in [9.17, 15) is 10.2 Å². The first-order chi connectivity index (χ1) is 6.43. The van der Waals surface area contributed by atoms with Crippen LogP contribution in [0.1, 0.15) is 53.4 Å². The Morgan fingerprint density at radius 2 is 1.07 bits per heavy atom. The quantitative estimate of drug-likeness (QED) is 0.666. The zero-order chi connectivity index (χ0) is 11.1. The van der Waals surface area contributed by atoms with E-state index in [4.69, 9.17) is 0 Å². The normalized spacial score (nSPS) is 18.2. The Balaban J connectivity index is 3.78. The van der Waals surface area contributed by atoms with Gasteiger partial charge in [-0.2, -0.15) is 0 Å². The Labute approximate surface area is 88.3 Å². The average Bonchev–Trinajstić information content (AvgIpc) is 2.02. The molecule has 0 radical (unpaired) electrons. The molecular formula is C12H26O2. The third kappa shape index (κ3) is 7.34. The summed E-state index contributed by atoms with van der Waals surface area (Å²) in [7, 11) is 0. The molecular weight excluding hydrogens is 176 g/mol. The molecule has 0 heterocycles. The second-order valence-corrected chi connectivity index (χ2v) is 4.86. The third-order valence-electron chi connectivity index (χ3n) is 2.85. The summed E-state index contributed by atoms with van der Waals surface area (Å²) in [6, 6.07) is 0. The van der Waals surface area contributed by atoms with Gasteiger partial charge in [-0.05, 0) is 51.4 Å². The summed E-state index contributed by atoms with van der Waals surface area (Å²) in [6.07, 6.45) is 3.51. The highest BCUT2D eigenvalue weighted by Gasteiger charge is 2.14. The van der Waals surface area contributed by atoms with Gasteiger partial charge in [0.2, 0.25) is 0 Å². The molecule has 0 rings (SSSR count). The first-order valence-corrected chi connectivity index (χ1v) is 5.79. The molecule has 0 saturated heterocycles. The van der Waals surface area contributed by atoms with E-state index < -0.39 is 0 Å². The number of aliphatic hydroxyl groups excluding tert-OH is 2. The molecule has 2 N–H and O–H groups in total. The highest BCUT2D eigenvalue weighted by Crippen LogP contribution is 2.23. The van der Waals surface area contributed by atoms with E-state index in [2.05, 4.69) is 13.8 Å². The molecule has 0 aliphatic heterocycles. The molecule has 0 aromatic carbocycles. The predicted octanol–water partition coefficient (Wildman–Crippen LogP) is 2.58. The molecule has 86 valence electrons. The van der Waals surface area contributed by atoms with E-state index in [0.717, 1.165) is 25.7 Å². The van der Waals surface area contributed by atoms with E-state index in [1.807, 2.05) is 13.8 Å². The van der Waals surface area contributed by atoms with Crippen molar-refractivity contribution in [1.82, 2.24) is 0 Å². The minimum Gasteiger partial charge on any atom is -0.393 e. The Bertz CT molecular complexity index is 118. The van der Waals surface area contributed by atoms with Crippen LogP contribution in [0.25, 0.3) is 0 Å². The van der Waals surface area contributed by atoms with E-state index in [-0.39, 0.29) is 12.2 Å². The van der Waals surface area contributed by atoms with Crippen LogP contribution in [0.2, 0.25) is 0 Å². The molecule has 0 fully saturated rings. The zero-order valence-corrected chi connectivity index (χ0v) is 10.0. The SMILES string of the molecule is CC(O)CCC(CCC(C)O)C(C)C. The van der Waals surface area contributed by atoms with Crippen molar-refractivity contribution in [3.8, 4) is 0 Å². The largest absolute Gasteiger partial charge is 0.393 e. The van der Waals surface area contributed by atoms with Crippen LogP contribution in [-0.4, -0.2) is 22.4 Å². The van der Waals surface area contributed by atoms with Gasteiger partial charge in [0.25, 0.3) is 0 Å². The van der Waals surface area contributed by atoms with Crippen molar-refractivity contribution >= 4 is 0 Å². The molecule has 0 bridgehead atoms. The number of hydrogen-bond acceptors (Lipinski definition) is 2. The van der Waals surface area contributed by atoms with Crippen LogP contribution in [-0.2, 0) is 0 Å². The summed E-state index contributed by atoms with van der Waals surface area (Å²) in [5, 5.41) is 18.4. The maximum absolute atomic E-state index is 9.21. The van der Waals surface area contributed by atoms with Gasteiger partial charge in [-0.3, -0.25) is 0 Å². The van der Waals surface area contributed by atoms with Crippen molar-refractivity contribution in [1.29, 1.82) is 0 Å². The van der Waals surface area contributed by atoms with Crippen molar-refractivity contribution in [2.24, 2.45) is 11.8 Å². The molecule has 0 amide bonds. The molecule has 2 heteroatoms. The van der Waals surface area contributed by atoms with Gasteiger partial charge < -0.3 is 10.2 Å². The number of aliphatic hydroxyl groups is 2. The van der Waals surface area contributed by atoms with Crippen molar-refractivity contribution in [3.63, 3.8) is 0 Å². The highest BCUT2D eigenvalue weighted by atomic mass is 16.3. The third-order valence-corrected chi connectivity index (χ3v) is 2.85. The number of rotatable bonds is 7. The minimum atomic E-state index is -0.192. The van der Waals surface area contributed by atoms with Gasteiger partial charge in [0.1, 0.15) is 0 Å². The summed E-state index contributed by atoms with van der Waals surface area (Å²) in [5.41, 5.74) is 0. The monoisotopic (exact) mass is 202 g/mol. The fourth-order valence-corrected chi connectivity index (χ4v) is 1.72. The van der Waals surface area contributed by atoms with Crippen LogP contribution in [0.15, 0.2) is 0 Å². The van der Waals surface area contributed by atoms with Crippen LogP contribution >= 0.6 is 0 Å². The second-order valence-electron chi connectivity index (χ2n) is 4.86. The molecule has 2 nitrogen and oxygen atoms in total.